The van der Waals surface area contributed by atoms with Crippen molar-refractivity contribution in [1.29, 1.82) is 0 Å². The first-order chi connectivity index (χ1) is 7.58. The van der Waals surface area contributed by atoms with E-state index in [1.54, 1.807) is 12.1 Å². The predicted molar refractivity (Wildman–Crippen MR) is 60.0 cm³/mol. The van der Waals surface area contributed by atoms with Crippen LogP contribution in [0.3, 0.4) is 0 Å². The van der Waals surface area contributed by atoms with Crippen LogP contribution in [0.25, 0.3) is 0 Å². The van der Waals surface area contributed by atoms with E-state index >= 15 is 0 Å². The molecule has 1 unspecified atom stereocenters. The average molecular weight is 238 g/mol. The summed E-state index contributed by atoms with van der Waals surface area (Å²) in [7, 11) is 0. The summed E-state index contributed by atoms with van der Waals surface area (Å²) in [6.07, 6.45) is 0.398. The Morgan fingerprint density at radius 3 is 2.88 bits per heavy atom. The van der Waals surface area contributed by atoms with Crippen LogP contribution in [0.1, 0.15) is 18.9 Å². The molecule has 83 valence electrons. The van der Waals surface area contributed by atoms with Gasteiger partial charge >= 0.3 is 0 Å². The van der Waals surface area contributed by atoms with Crippen LogP contribution in [0.4, 0.5) is 0 Å². The molecule has 0 bridgehead atoms. The summed E-state index contributed by atoms with van der Waals surface area (Å²) in [5.74, 6) is -0.274. The van der Waals surface area contributed by atoms with E-state index in [2.05, 4.69) is 10.5 Å². The molecule has 1 aromatic rings. The molecule has 0 fully saturated rings. The van der Waals surface area contributed by atoms with Gasteiger partial charge in [-0.1, -0.05) is 18.5 Å². The standard InChI is InChI=1S/C11H10ClN2O2/c1-6-4-10(16)13-14-11(6)7-2-3-9(15)8(12)5-7/h2-3,5-6H,4H2,1H3,(H,13,16). The van der Waals surface area contributed by atoms with Crippen molar-refractivity contribution in [3.8, 4) is 5.75 Å². The second-order valence-corrected chi connectivity index (χ2v) is 4.19. The van der Waals surface area contributed by atoms with E-state index in [-0.39, 0.29) is 22.6 Å². The van der Waals surface area contributed by atoms with Crippen LogP contribution in [-0.2, 0) is 9.90 Å². The molecule has 1 aromatic carbocycles. The number of hydrogen-bond donors (Lipinski definition) is 1. The fraction of sp³-hybridized carbons (Fsp3) is 0.273. The van der Waals surface area contributed by atoms with Crippen LogP contribution in [0.2, 0.25) is 5.02 Å². The molecule has 5 heteroatoms. The first-order valence-electron chi connectivity index (χ1n) is 4.91. The molecular weight excluding hydrogens is 228 g/mol. The minimum atomic E-state index is -0.210. The zero-order valence-corrected chi connectivity index (χ0v) is 9.41. The number of nitrogens with zero attached hydrogens (tertiary/aromatic N) is 1. The Morgan fingerprint density at radius 1 is 1.50 bits per heavy atom. The van der Waals surface area contributed by atoms with Crippen molar-refractivity contribution in [3.05, 3.63) is 28.8 Å². The fourth-order valence-electron chi connectivity index (χ4n) is 1.66. The molecule has 1 amide bonds. The number of hydrogen-bond acceptors (Lipinski definition) is 2. The van der Waals surface area contributed by atoms with Crippen molar-refractivity contribution in [2.24, 2.45) is 11.0 Å². The van der Waals surface area contributed by atoms with E-state index in [0.717, 1.165) is 11.3 Å². The van der Waals surface area contributed by atoms with Crippen LogP contribution in [0.15, 0.2) is 23.3 Å². The maximum absolute atomic E-state index is 11.1. The van der Waals surface area contributed by atoms with Gasteiger partial charge < -0.3 is 0 Å². The number of halogens is 1. The summed E-state index contributed by atoms with van der Waals surface area (Å²) < 4.78 is 0. The van der Waals surface area contributed by atoms with E-state index < -0.39 is 0 Å². The van der Waals surface area contributed by atoms with Crippen LogP contribution in [0.5, 0.6) is 5.75 Å². The van der Waals surface area contributed by atoms with Crippen molar-refractivity contribution in [3.63, 3.8) is 0 Å². The van der Waals surface area contributed by atoms with Crippen molar-refractivity contribution in [2.75, 3.05) is 0 Å². The minimum absolute atomic E-state index is 0.0299. The van der Waals surface area contributed by atoms with Crippen LogP contribution in [-0.4, -0.2) is 11.6 Å². The average Bonchev–Trinajstić information content (AvgIpc) is 2.22. The zero-order chi connectivity index (χ0) is 11.7. The van der Waals surface area contributed by atoms with E-state index in [0.29, 0.717) is 6.42 Å². The summed E-state index contributed by atoms with van der Waals surface area (Å²) in [5.41, 5.74) is 3.95. The lowest BCUT2D eigenvalue weighted by Crippen LogP contribution is -2.31. The monoisotopic (exact) mass is 237 g/mol. The highest BCUT2D eigenvalue weighted by molar-refractivity contribution is 6.32. The van der Waals surface area contributed by atoms with E-state index in [9.17, 15) is 9.90 Å². The molecule has 0 aliphatic carbocycles. The van der Waals surface area contributed by atoms with Gasteiger partial charge in [0.25, 0.3) is 0 Å². The van der Waals surface area contributed by atoms with Gasteiger partial charge in [-0.05, 0) is 23.8 Å². The zero-order valence-electron chi connectivity index (χ0n) is 8.66. The Hall–Kier alpha value is -1.55. The highest BCUT2D eigenvalue weighted by atomic mass is 35.5. The Labute approximate surface area is 97.9 Å². The molecular formula is C11H10ClN2O2. The SMILES string of the molecule is CC1CC(=O)NN=C1c1ccc([O])c(Cl)c1. The third-order valence-electron chi connectivity index (χ3n) is 2.49. The molecule has 1 heterocycles. The van der Waals surface area contributed by atoms with Gasteiger partial charge in [0.1, 0.15) is 0 Å². The Balaban J connectivity index is 2.37. The van der Waals surface area contributed by atoms with Crippen molar-refractivity contribution in [2.45, 2.75) is 13.3 Å². The number of benzene rings is 1. The number of nitrogens with one attached hydrogen (secondary N) is 1. The third-order valence-corrected chi connectivity index (χ3v) is 2.78. The van der Waals surface area contributed by atoms with Gasteiger partial charge in [-0.3, -0.25) is 9.90 Å². The summed E-state index contributed by atoms with van der Waals surface area (Å²) in [5, 5.41) is 15.3. The summed E-state index contributed by atoms with van der Waals surface area (Å²) >= 11 is 5.75. The quantitative estimate of drug-likeness (QED) is 0.801. The number of carbonyl (C=O) groups excluding carboxylic acids is 1. The Bertz CT molecular complexity index is 471. The molecule has 16 heavy (non-hydrogen) atoms. The van der Waals surface area contributed by atoms with Crippen LogP contribution >= 0.6 is 11.6 Å². The molecule has 1 aliphatic heterocycles. The van der Waals surface area contributed by atoms with Crippen LogP contribution < -0.4 is 5.43 Å². The molecule has 0 saturated carbocycles. The maximum Gasteiger partial charge on any atom is 0.240 e. The first kappa shape index (κ1) is 11.0. The highest BCUT2D eigenvalue weighted by Gasteiger charge is 2.22. The maximum atomic E-state index is 11.1. The number of hydrazone groups is 1. The second-order valence-electron chi connectivity index (χ2n) is 3.78. The number of rotatable bonds is 1. The summed E-state index contributed by atoms with van der Waals surface area (Å²) in [4.78, 5) is 11.1. The van der Waals surface area contributed by atoms with E-state index in [1.807, 2.05) is 6.92 Å². The molecule has 2 rings (SSSR count). The van der Waals surface area contributed by atoms with Gasteiger partial charge in [-0.25, -0.2) is 5.43 Å². The fourth-order valence-corrected chi connectivity index (χ4v) is 1.84. The van der Waals surface area contributed by atoms with Gasteiger partial charge in [0.2, 0.25) is 5.91 Å². The molecule has 1 N–H and O–H groups in total. The van der Waals surface area contributed by atoms with Gasteiger partial charge in [-0.15, -0.1) is 0 Å². The largest absolute Gasteiger partial charge is 0.288 e. The first-order valence-corrected chi connectivity index (χ1v) is 5.29. The molecule has 0 saturated heterocycles. The van der Waals surface area contributed by atoms with E-state index in [1.165, 1.54) is 6.07 Å². The molecule has 0 spiro atoms. The number of carbonyl (C=O) groups is 1. The smallest absolute Gasteiger partial charge is 0.240 e. The van der Waals surface area contributed by atoms with Crippen molar-refractivity contribution < 1.29 is 9.90 Å². The van der Waals surface area contributed by atoms with Gasteiger partial charge in [0.05, 0.1) is 10.7 Å². The third kappa shape index (κ3) is 2.02. The summed E-state index contributed by atoms with van der Waals surface area (Å²) in [6, 6.07) is 4.65. The van der Waals surface area contributed by atoms with Gasteiger partial charge in [0.15, 0.2) is 5.75 Å². The van der Waals surface area contributed by atoms with Gasteiger partial charge in [-0.2, -0.15) is 5.10 Å². The molecule has 1 aliphatic rings. The Morgan fingerprint density at radius 2 is 2.25 bits per heavy atom. The number of amides is 1. The highest BCUT2D eigenvalue weighted by Crippen LogP contribution is 2.26. The second kappa shape index (κ2) is 4.14. The molecule has 4 nitrogen and oxygen atoms in total. The minimum Gasteiger partial charge on any atom is -0.288 e. The summed E-state index contributed by atoms with van der Waals surface area (Å²) in [6.45, 7) is 1.91. The lowest BCUT2D eigenvalue weighted by molar-refractivity contribution is -0.121. The topological polar surface area (TPSA) is 61.4 Å². The Kier molecular flexibility index (Phi) is 2.83. The molecule has 0 aromatic heterocycles. The molecule has 1 radical (unpaired) electrons. The predicted octanol–water partition coefficient (Wildman–Crippen LogP) is 2.34. The van der Waals surface area contributed by atoms with Crippen LogP contribution in [0, 0.1) is 5.92 Å². The normalized spacial score (nSPS) is 20.2. The lowest BCUT2D eigenvalue weighted by Gasteiger charge is -2.19. The lowest BCUT2D eigenvalue weighted by atomic mass is 9.94. The van der Waals surface area contributed by atoms with Gasteiger partial charge in [0, 0.05) is 12.3 Å². The van der Waals surface area contributed by atoms with Crippen molar-refractivity contribution in [1.82, 2.24) is 5.43 Å². The molecule has 1 atom stereocenters. The van der Waals surface area contributed by atoms with E-state index in [4.69, 9.17) is 11.6 Å². The van der Waals surface area contributed by atoms with Crippen molar-refractivity contribution >= 4 is 23.2 Å².